The summed E-state index contributed by atoms with van der Waals surface area (Å²) in [6.07, 6.45) is 3.22. The first-order valence-electron chi connectivity index (χ1n) is 8.33. The van der Waals surface area contributed by atoms with E-state index in [9.17, 15) is 4.79 Å². The summed E-state index contributed by atoms with van der Waals surface area (Å²) in [5.41, 5.74) is 1.19. The molecule has 1 saturated heterocycles. The first-order chi connectivity index (χ1) is 10.7. The highest BCUT2D eigenvalue weighted by Gasteiger charge is 2.28. The zero-order valence-corrected chi connectivity index (χ0v) is 15.2. The Morgan fingerprint density at radius 1 is 1.43 bits per heavy atom. The summed E-state index contributed by atoms with van der Waals surface area (Å²) in [5.74, 6) is 1.38. The minimum atomic E-state index is 0. The van der Waals surface area contributed by atoms with Gasteiger partial charge in [0.05, 0.1) is 0 Å². The maximum Gasteiger partial charge on any atom is 0.260 e. The monoisotopic (exact) mass is 340 g/mol. The van der Waals surface area contributed by atoms with Crippen LogP contribution in [0.15, 0.2) is 24.3 Å². The molecule has 1 heterocycles. The first kappa shape index (κ1) is 19.8. The number of nitrogens with one attached hydrogen (secondary N) is 1. The van der Waals surface area contributed by atoms with Crippen molar-refractivity contribution in [2.75, 3.05) is 26.7 Å². The summed E-state index contributed by atoms with van der Waals surface area (Å²) >= 11 is 0. The molecule has 4 nitrogen and oxygen atoms in total. The number of carbonyl (C=O) groups excluding carboxylic acids is 1. The number of rotatable bonds is 7. The van der Waals surface area contributed by atoms with Crippen LogP contribution in [0.4, 0.5) is 0 Å². The van der Waals surface area contributed by atoms with Crippen LogP contribution in [0, 0.1) is 0 Å². The largest absolute Gasteiger partial charge is 0.483 e. The molecule has 1 aromatic carbocycles. The first-order valence-corrected chi connectivity index (χ1v) is 8.33. The van der Waals surface area contributed by atoms with Crippen molar-refractivity contribution in [3.8, 4) is 5.75 Å². The molecule has 1 aliphatic heterocycles. The lowest BCUT2D eigenvalue weighted by Gasteiger charge is -2.25. The highest BCUT2D eigenvalue weighted by Crippen LogP contribution is 2.28. The molecule has 2 atom stereocenters. The van der Waals surface area contributed by atoms with E-state index in [0.717, 1.165) is 38.1 Å². The van der Waals surface area contributed by atoms with Gasteiger partial charge in [0, 0.05) is 19.1 Å². The molecule has 1 fully saturated rings. The molecule has 1 aliphatic rings. The molecule has 2 rings (SSSR count). The molecule has 0 bridgehead atoms. The number of hydrogen-bond donors (Lipinski definition) is 1. The third-order valence-corrected chi connectivity index (χ3v) is 4.55. The van der Waals surface area contributed by atoms with Gasteiger partial charge in [0.15, 0.2) is 6.61 Å². The number of benzene rings is 1. The summed E-state index contributed by atoms with van der Waals surface area (Å²) in [6.45, 7) is 6.19. The number of likely N-dealkylation sites (N-methyl/N-ethyl adjacent to an activating group) is 1. The molecule has 0 spiro atoms. The Bertz CT molecular complexity index is 496. The van der Waals surface area contributed by atoms with E-state index in [-0.39, 0.29) is 24.9 Å². The predicted octanol–water partition coefficient (Wildman–Crippen LogP) is 3.21. The minimum Gasteiger partial charge on any atom is -0.483 e. The van der Waals surface area contributed by atoms with Crippen LogP contribution in [0.2, 0.25) is 0 Å². The number of hydrogen-bond acceptors (Lipinski definition) is 3. The second-order valence-corrected chi connectivity index (χ2v) is 6.08. The van der Waals surface area contributed by atoms with E-state index in [1.54, 1.807) is 0 Å². The smallest absolute Gasteiger partial charge is 0.260 e. The summed E-state index contributed by atoms with van der Waals surface area (Å²) in [6, 6.07) is 8.36. The highest BCUT2D eigenvalue weighted by atomic mass is 35.5. The average Bonchev–Trinajstić information content (AvgIpc) is 3.01. The fourth-order valence-electron chi connectivity index (χ4n) is 3.07. The van der Waals surface area contributed by atoms with Gasteiger partial charge in [0.25, 0.3) is 5.91 Å². The second-order valence-electron chi connectivity index (χ2n) is 6.08. The molecule has 2 unspecified atom stereocenters. The SMILES string of the molecule is CCC(C)c1ccccc1OCC(=O)N1CCCC1CNC.Cl. The quantitative estimate of drug-likeness (QED) is 0.828. The Balaban J connectivity index is 0.00000264. The van der Waals surface area contributed by atoms with Crippen LogP contribution in [0.1, 0.15) is 44.6 Å². The van der Waals surface area contributed by atoms with Crippen molar-refractivity contribution in [1.82, 2.24) is 10.2 Å². The van der Waals surface area contributed by atoms with Crippen molar-refractivity contribution in [2.45, 2.75) is 45.1 Å². The summed E-state index contributed by atoms with van der Waals surface area (Å²) in [4.78, 5) is 14.4. The van der Waals surface area contributed by atoms with Crippen molar-refractivity contribution in [3.63, 3.8) is 0 Å². The van der Waals surface area contributed by atoms with Crippen molar-refractivity contribution >= 4 is 18.3 Å². The second kappa shape index (κ2) is 9.78. The number of likely N-dealkylation sites (tertiary alicyclic amines) is 1. The Labute approximate surface area is 146 Å². The van der Waals surface area contributed by atoms with E-state index in [2.05, 4.69) is 25.2 Å². The summed E-state index contributed by atoms with van der Waals surface area (Å²) < 4.78 is 5.85. The Morgan fingerprint density at radius 2 is 2.17 bits per heavy atom. The minimum absolute atomic E-state index is 0. The van der Waals surface area contributed by atoms with Crippen LogP contribution in [0.3, 0.4) is 0 Å². The zero-order valence-electron chi connectivity index (χ0n) is 14.4. The van der Waals surface area contributed by atoms with Gasteiger partial charge in [-0.25, -0.2) is 0 Å². The standard InChI is InChI=1S/C18H28N2O2.ClH/c1-4-14(2)16-9-5-6-10-17(16)22-13-18(21)20-11-7-8-15(20)12-19-3;/h5-6,9-10,14-15,19H,4,7-8,11-13H2,1-3H3;1H. The predicted molar refractivity (Wildman–Crippen MR) is 96.6 cm³/mol. The molecule has 0 radical (unpaired) electrons. The number of carbonyl (C=O) groups is 1. The molecular weight excluding hydrogens is 312 g/mol. The van der Waals surface area contributed by atoms with Gasteiger partial charge in [0.1, 0.15) is 5.75 Å². The van der Waals surface area contributed by atoms with Crippen LogP contribution in [-0.2, 0) is 4.79 Å². The number of halogens is 1. The number of amides is 1. The zero-order chi connectivity index (χ0) is 15.9. The number of para-hydroxylation sites is 1. The van der Waals surface area contributed by atoms with Crippen LogP contribution in [0.5, 0.6) is 5.75 Å². The van der Waals surface area contributed by atoms with E-state index in [4.69, 9.17) is 4.74 Å². The third-order valence-electron chi connectivity index (χ3n) is 4.55. The maximum atomic E-state index is 12.4. The third kappa shape index (κ3) is 5.11. The molecular formula is C18H29ClN2O2. The van der Waals surface area contributed by atoms with Crippen molar-refractivity contribution in [3.05, 3.63) is 29.8 Å². The molecule has 0 saturated carbocycles. The van der Waals surface area contributed by atoms with Crippen LogP contribution in [-0.4, -0.2) is 43.6 Å². The van der Waals surface area contributed by atoms with Gasteiger partial charge >= 0.3 is 0 Å². The molecule has 130 valence electrons. The summed E-state index contributed by atoms with van der Waals surface area (Å²) in [5, 5.41) is 3.17. The van der Waals surface area contributed by atoms with E-state index < -0.39 is 0 Å². The molecule has 23 heavy (non-hydrogen) atoms. The normalized spacial score (nSPS) is 18.4. The van der Waals surface area contributed by atoms with Gasteiger partial charge in [-0.05, 0) is 43.9 Å². The fourth-order valence-corrected chi connectivity index (χ4v) is 3.07. The fraction of sp³-hybridized carbons (Fsp3) is 0.611. The lowest BCUT2D eigenvalue weighted by Crippen LogP contribution is -2.43. The molecule has 1 N–H and O–H groups in total. The van der Waals surface area contributed by atoms with Gasteiger partial charge in [0.2, 0.25) is 0 Å². The average molecular weight is 341 g/mol. The lowest BCUT2D eigenvalue weighted by atomic mass is 9.98. The highest BCUT2D eigenvalue weighted by molar-refractivity contribution is 5.85. The van der Waals surface area contributed by atoms with Crippen molar-refractivity contribution in [2.24, 2.45) is 0 Å². The maximum absolute atomic E-state index is 12.4. The van der Waals surface area contributed by atoms with Gasteiger partial charge in [-0.1, -0.05) is 32.0 Å². The van der Waals surface area contributed by atoms with Crippen LogP contribution >= 0.6 is 12.4 Å². The van der Waals surface area contributed by atoms with Gasteiger partial charge in [-0.3, -0.25) is 4.79 Å². The Hall–Kier alpha value is -1.26. The van der Waals surface area contributed by atoms with E-state index in [1.807, 2.05) is 30.1 Å². The molecule has 1 amide bonds. The van der Waals surface area contributed by atoms with E-state index in [0.29, 0.717) is 12.0 Å². The molecule has 5 heteroatoms. The van der Waals surface area contributed by atoms with Gasteiger partial charge < -0.3 is 15.0 Å². The number of nitrogens with zero attached hydrogens (tertiary/aromatic N) is 1. The molecule has 0 aliphatic carbocycles. The van der Waals surface area contributed by atoms with Crippen molar-refractivity contribution in [1.29, 1.82) is 0 Å². The topological polar surface area (TPSA) is 41.6 Å². The Kier molecular flexibility index (Phi) is 8.42. The van der Waals surface area contributed by atoms with E-state index >= 15 is 0 Å². The lowest BCUT2D eigenvalue weighted by molar-refractivity contribution is -0.134. The summed E-state index contributed by atoms with van der Waals surface area (Å²) in [7, 11) is 1.93. The van der Waals surface area contributed by atoms with Gasteiger partial charge in [-0.15, -0.1) is 12.4 Å². The molecule has 1 aromatic rings. The van der Waals surface area contributed by atoms with Crippen LogP contribution < -0.4 is 10.1 Å². The number of ether oxygens (including phenoxy) is 1. The van der Waals surface area contributed by atoms with Crippen molar-refractivity contribution < 1.29 is 9.53 Å². The molecule has 0 aromatic heterocycles. The van der Waals surface area contributed by atoms with Crippen LogP contribution in [0.25, 0.3) is 0 Å². The van der Waals surface area contributed by atoms with Gasteiger partial charge in [-0.2, -0.15) is 0 Å². The Morgan fingerprint density at radius 3 is 2.87 bits per heavy atom. The van der Waals surface area contributed by atoms with E-state index in [1.165, 1.54) is 5.56 Å².